The zero-order valence-corrected chi connectivity index (χ0v) is 21.0. The van der Waals surface area contributed by atoms with Crippen LogP contribution in [0.15, 0.2) is 21.3 Å². The second-order valence-electron chi connectivity index (χ2n) is 9.01. The van der Waals surface area contributed by atoms with Gasteiger partial charge in [-0.25, -0.2) is 0 Å². The number of unbranched alkanes of at least 4 members (excludes halogenated alkanes) is 3. The Morgan fingerprint density at radius 1 is 1.04 bits per heavy atom. The Morgan fingerprint density at radius 2 is 1.50 bits per heavy atom. The molecular formula is C23H42O2Sn. The van der Waals surface area contributed by atoms with Crippen molar-refractivity contribution >= 4 is 24.2 Å². The topological polar surface area (TPSA) is 37.3 Å². The average Bonchev–Trinajstić information content (AvgIpc) is 2.60. The average molecular weight is 469 g/mol. The molecule has 26 heavy (non-hydrogen) atoms. The molecule has 0 fully saturated rings. The van der Waals surface area contributed by atoms with E-state index in [-0.39, 0.29) is 11.2 Å². The van der Waals surface area contributed by atoms with Crippen molar-refractivity contribution < 1.29 is 9.90 Å². The Balaban J connectivity index is 3.22. The van der Waals surface area contributed by atoms with Crippen molar-refractivity contribution in [1.82, 2.24) is 0 Å². The van der Waals surface area contributed by atoms with Gasteiger partial charge in [-0.3, -0.25) is 0 Å². The number of hydrogen-bond acceptors (Lipinski definition) is 2. The van der Waals surface area contributed by atoms with E-state index in [1.807, 2.05) is 6.92 Å². The molecule has 0 aromatic heterocycles. The number of aliphatic hydroxyl groups is 1. The fraction of sp³-hybridized carbons (Fsp3) is 0.783. The number of ketones is 1. The first-order valence-electron chi connectivity index (χ1n) is 10.9. The molecule has 0 unspecified atom stereocenters. The Morgan fingerprint density at radius 3 is 1.92 bits per heavy atom. The van der Waals surface area contributed by atoms with Crippen molar-refractivity contribution in [2.75, 3.05) is 0 Å². The van der Waals surface area contributed by atoms with Crippen LogP contribution in [0.5, 0.6) is 0 Å². The standard InChI is InChI=1S/C11H15O2.3C4H9.Sn/c1-5-8-7(2)10(13)9(12)6-11(8,3)4;3*1-3-4-2;/h1,5,9,12H,6H2,2-4H3;3*1,3-4H2,2H3;/t9-;;;;/m0..../s1. The van der Waals surface area contributed by atoms with Gasteiger partial charge in [0.05, 0.1) is 0 Å². The van der Waals surface area contributed by atoms with E-state index in [0.717, 1.165) is 5.57 Å². The summed E-state index contributed by atoms with van der Waals surface area (Å²) in [6, 6.07) is 0. The predicted octanol–water partition coefficient (Wildman–Crippen LogP) is 6.61. The van der Waals surface area contributed by atoms with Crippen molar-refractivity contribution in [2.24, 2.45) is 5.41 Å². The fourth-order valence-corrected chi connectivity index (χ4v) is 18.5. The Bertz CT molecular complexity index is 495. The first-order valence-corrected chi connectivity index (χ1v) is 18.6. The van der Waals surface area contributed by atoms with E-state index in [2.05, 4.69) is 44.8 Å². The summed E-state index contributed by atoms with van der Waals surface area (Å²) in [5.41, 5.74) is 1.84. The minimum absolute atomic E-state index is 0.0690. The molecule has 1 aliphatic carbocycles. The zero-order valence-electron chi connectivity index (χ0n) is 18.2. The third kappa shape index (κ3) is 6.51. The van der Waals surface area contributed by atoms with Crippen molar-refractivity contribution in [2.45, 2.75) is 106 Å². The molecule has 2 nitrogen and oxygen atoms in total. The van der Waals surface area contributed by atoms with Crippen LogP contribution in [0.1, 0.15) is 86.5 Å². The molecule has 0 saturated heterocycles. The number of rotatable bonds is 11. The summed E-state index contributed by atoms with van der Waals surface area (Å²) in [5.74, 6) is -0.0690. The van der Waals surface area contributed by atoms with Gasteiger partial charge in [0.25, 0.3) is 0 Å². The third-order valence-electron chi connectivity index (χ3n) is 6.20. The van der Waals surface area contributed by atoms with Crippen LogP contribution < -0.4 is 0 Å². The van der Waals surface area contributed by atoms with Crippen molar-refractivity contribution in [3.05, 3.63) is 21.3 Å². The van der Waals surface area contributed by atoms with Gasteiger partial charge in [0.1, 0.15) is 0 Å². The van der Waals surface area contributed by atoms with Gasteiger partial charge in [-0.2, -0.15) is 0 Å². The molecule has 0 bridgehead atoms. The summed E-state index contributed by atoms with van der Waals surface area (Å²) in [5, 5.41) is 10.1. The molecule has 1 aliphatic rings. The molecule has 0 radical (unpaired) electrons. The molecule has 0 amide bonds. The van der Waals surface area contributed by atoms with Gasteiger partial charge < -0.3 is 0 Å². The SMILES string of the molecule is CCC[CH2][Sn](/[CH]=C/C1=C(C)C(=O)[C@@H](O)CC1(C)C)([CH2]CCC)[CH2]CCC. The van der Waals surface area contributed by atoms with Crippen LogP contribution in [0.3, 0.4) is 0 Å². The van der Waals surface area contributed by atoms with Gasteiger partial charge >= 0.3 is 167 Å². The van der Waals surface area contributed by atoms with E-state index < -0.39 is 24.5 Å². The maximum atomic E-state index is 12.3. The number of allylic oxidation sites excluding steroid dienone is 2. The molecule has 0 saturated carbocycles. The number of hydrogen-bond donors (Lipinski definition) is 1. The molecule has 1 atom stereocenters. The Labute approximate surface area is 166 Å². The Hall–Kier alpha value is -0.0913. The van der Waals surface area contributed by atoms with E-state index in [1.165, 1.54) is 57.4 Å². The maximum absolute atomic E-state index is 12.3. The van der Waals surface area contributed by atoms with Crippen molar-refractivity contribution in [3.63, 3.8) is 0 Å². The van der Waals surface area contributed by atoms with E-state index >= 15 is 0 Å². The van der Waals surface area contributed by atoms with Crippen molar-refractivity contribution in [1.29, 1.82) is 0 Å². The van der Waals surface area contributed by atoms with Crippen LogP contribution in [0.2, 0.25) is 13.3 Å². The fourth-order valence-electron chi connectivity index (χ4n) is 4.40. The zero-order chi connectivity index (χ0) is 19.8. The van der Waals surface area contributed by atoms with Crippen LogP contribution in [0.4, 0.5) is 0 Å². The first kappa shape index (κ1) is 23.9. The molecule has 0 heterocycles. The van der Waals surface area contributed by atoms with Gasteiger partial charge in [-0.05, 0) is 0 Å². The van der Waals surface area contributed by atoms with E-state index in [0.29, 0.717) is 6.42 Å². The van der Waals surface area contributed by atoms with Crippen LogP contribution in [0, 0.1) is 5.41 Å². The number of Topliss-reactive ketones (excluding diaryl/α,β-unsaturated/α-hetero) is 1. The van der Waals surface area contributed by atoms with Crippen LogP contribution in [0.25, 0.3) is 0 Å². The summed E-state index contributed by atoms with van der Waals surface area (Å²) in [6.07, 6.45) is 9.97. The van der Waals surface area contributed by atoms with Gasteiger partial charge in [-0.1, -0.05) is 0 Å². The van der Waals surface area contributed by atoms with Crippen LogP contribution in [-0.2, 0) is 4.79 Å². The molecule has 0 spiro atoms. The summed E-state index contributed by atoms with van der Waals surface area (Å²) in [7, 11) is 0. The monoisotopic (exact) mass is 470 g/mol. The van der Waals surface area contributed by atoms with Gasteiger partial charge in [0.15, 0.2) is 0 Å². The quantitative estimate of drug-likeness (QED) is 0.346. The summed E-state index contributed by atoms with van der Waals surface area (Å²) < 4.78 is 7.00. The number of carbonyl (C=O) groups excluding carboxylic acids is 1. The third-order valence-corrected chi connectivity index (χ3v) is 20.2. The molecule has 0 aromatic rings. The number of aliphatic hydroxyl groups excluding tert-OH is 1. The second kappa shape index (κ2) is 11.0. The first-order chi connectivity index (χ1) is 12.2. The second-order valence-corrected chi connectivity index (χ2v) is 22.0. The summed E-state index contributed by atoms with van der Waals surface area (Å²) >= 11 is -2.34. The van der Waals surface area contributed by atoms with Gasteiger partial charge in [0.2, 0.25) is 0 Å². The van der Waals surface area contributed by atoms with Gasteiger partial charge in [0, 0.05) is 0 Å². The molecule has 1 N–H and O–H groups in total. The molecule has 1 rings (SSSR count). The molecular weight excluding hydrogens is 427 g/mol. The normalized spacial score (nSPS) is 21.0. The minimum atomic E-state index is -2.34. The van der Waals surface area contributed by atoms with Gasteiger partial charge in [-0.15, -0.1) is 0 Å². The van der Waals surface area contributed by atoms with E-state index in [9.17, 15) is 9.90 Å². The predicted molar refractivity (Wildman–Crippen MR) is 116 cm³/mol. The van der Waals surface area contributed by atoms with E-state index in [1.54, 1.807) is 0 Å². The molecule has 0 aliphatic heterocycles. The summed E-state index contributed by atoms with van der Waals surface area (Å²) in [4.78, 5) is 12.3. The summed E-state index contributed by atoms with van der Waals surface area (Å²) in [6.45, 7) is 13.2. The number of carbonyl (C=O) groups is 1. The van der Waals surface area contributed by atoms with Crippen molar-refractivity contribution in [3.8, 4) is 0 Å². The van der Waals surface area contributed by atoms with Crippen LogP contribution in [-0.4, -0.2) is 35.4 Å². The van der Waals surface area contributed by atoms with Crippen LogP contribution >= 0.6 is 0 Å². The Kier molecular flexibility index (Phi) is 10.2. The molecule has 3 heteroatoms. The molecule has 0 aromatic carbocycles. The molecule has 150 valence electrons. The van der Waals surface area contributed by atoms with E-state index in [4.69, 9.17) is 0 Å².